The SMILES string of the molecule is CCNC(=NCC1CCN(Cc2csc(CC)n2)CC1)NCCc1csc(C)n1.I. The van der Waals surface area contributed by atoms with E-state index in [1.165, 1.54) is 23.5 Å². The topological polar surface area (TPSA) is 65.4 Å². The molecule has 1 fully saturated rings. The molecular formula is C21H35IN6S2. The van der Waals surface area contributed by atoms with Crippen LogP contribution in [0.3, 0.4) is 0 Å². The third kappa shape index (κ3) is 8.39. The van der Waals surface area contributed by atoms with Crippen LogP contribution in [0.4, 0.5) is 0 Å². The van der Waals surface area contributed by atoms with Crippen molar-refractivity contribution in [3.63, 3.8) is 0 Å². The zero-order valence-electron chi connectivity index (χ0n) is 18.3. The molecule has 0 atom stereocenters. The Morgan fingerprint density at radius 2 is 1.90 bits per heavy atom. The minimum absolute atomic E-state index is 0. The van der Waals surface area contributed by atoms with Crippen molar-refractivity contribution < 1.29 is 0 Å². The molecule has 6 nitrogen and oxygen atoms in total. The van der Waals surface area contributed by atoms with E-state index in [1.54, 1.807) is 22.7 Å². The zero-order chi connectivity index (χ0) is 20.5. The second-order valence-electron chi connectivity index (χ2n) is 7.56. The lowest BCUT2D eigenvalue weighted by Crippen LogP contribution is -2.39. The number of nitrogens with one attached hydrogen (secondary N) is 2. The Morgan fingerprint density at radius 1 is 1.13 bits per heavy atom. The van der Waals surface area contributed by atoms with Crippen molar-refractivity contribution in [3.05, 3.63) is 32.2 Å². The van der Waals surface area contributed by atoms with Crippen LogP contribution in [-0.2, 0) is 19.4 Å². The molecule has 3 rings (SSSR count). The fraction of sp³-hybridized carbons (Fsp3) is 0.667. The number of aryl methyl sites for hydroxylation is 2. The van der Waals surface area contributed by atoms with Crippen LogP contribution in [0.2, 0.25) is 0 Å². The van der Waals surface area contributed by atoms with E-state index in [-0.39, 0.29) is 24.0 Å². The first-order valence-corrected chi connectivity index (χ1v) is 12.5. The summed E-state index contributed by atoms with van der Waals surface area (Å²) in [7, 11) is 0. The van der Waals surface area contributed by atoms with E-state index in [2.05, 4.69) is 52.0 Å². The van der Waals surface area contributed by atoms with Gasteiger partial charge in [-0.2, -0.15) is 0 Å². The van der Waals surface area contributed by atoms with Gasteiger partial charge in [0, 0.05) is 43.4 Å². The van der Waals surface area contributed by atoms with Gasteiger partial charge in [-0.1, -0.05) is 6.92 Å². The lowest BCUT2D eigenvalue weighted by molar-refractivity contribution is 0.179. The molecule has 0 saturated carbocycles. The normalized spacial score (nSPS) is 15.8. The Kier molecular flexibility index (Phi) is 11.5. The summed E-state index contributed by atoms with van der Waals surface area (Å²) < 4.78 is 0. The molecule has 168 valence electrons. The Bertz CT molecular complexity index is 767. The van der Waals surface area contributed by atoms with Gasteiger partial charge >= 0.3 is 0 Å². The lowest BCUT2D eigenvalue weighted by atomic mass is 9.97. The highest BCUT2D eigenvalue weighted by Gasteiger charge is 2.20. The van der Waals surface area contributed by atoms with Gasteiger partial charge in [0.15, 0.2) is 5.96 Å². The van der Waals surface area contributed by atoms with Crippen LogP contribution >= 0.6 is 46.7 Å². The van der Waals surface area contributed by atoms with Crippen LogP contribution in [0.25, 0.3) is 0 Å². The monoisotopic (exact) mass is 562 g/mol. The number of hydrogen-bond acceptors (Lipinski definition) is 6. The van der Waals surface area contributed by atoms with E-state index >= 15 is 0 Å². The predicted molar refractivity (Wildman–Crippen MR) is 139 cm³/mol. The summed E-state index contributed by atoms with van der Waals surface area (Å²) in [6, 6.07) is 0. The number of guanidine groups is 1. The number of nitrogens with zero attached hydrogens (tertiary/aromatic N) is 4. The average molecular weight is 563 g/mol. The van der Waals surface area contributed by atoms with Crippen molar-refractivity contribution in [2.24, 2.45) is 10.9 Å². The number of halogens is 1. The molecule has 1 aliphatic heterocycles. The summed E-state index contributed by atoms with van der Waals surface area (Å²) >= 11 is 3.50. The van der Waals surface area contributed by atoms with Crippen LogP contribution in [-0.4, -0.2) is 53.6 Å². The second kappa shape index (κ2) is 13.6. The van der Waals surface area contributed by atoms with Crippen LogP contribution in [0.1, 0.15) is 48.1 Å². The minimum atomic E-state index is 0. The maximum absolute atomic E-state index is 4.84. The van der Waals surface area contributed by atoms with Gasteiger partial charge in [-0.3, -0.25) is 9.89 Å². The molecule has 0 bridgehead atoms. The van der Waals surface area contributed by atoms with Gasteiger partial charge in [-0.15, -0.1) is 46.7 Å². The van der Waals surface area contributed by atoms with E-state index < -0.39 is 0 Å². The van der Waals surface area contributed by atoms with Gasteiger partial charge in [-0.25, -0.2) is 9.97 Å². The molecule has 2 aromatic heterocycles. The maximum atomic E-state index is 4.84. The summed E-state index contributed by atoms with van der Waals surface area (Å²) in [5.41, 5.74) is 2.40. The van der Waals surface area contributed by atoms with E-state index in [9.17, 15) is 0 Å². The standard InChI is InChI=1S/C21H34N6S2.HI/c1-4-20-26-19(15-29-20)13-27-10-7-17(8-11-27)12-24-21(22-5-2)23-9-6-18-14-28-16(3)25-18;/h14-15,17H,4-13H2,1-3H3,(H2,22,23,24);1H. The minimum Gasteiger partial charge on any atom is -0.357 e. The number of likely N-dealkylation sites (tertiary alicyclic amines) is 1. The maximum Gasteiger partial charge on any atom is 0.191 e. The molecule has 0 amide bonds. The van der Waals surface area contributed by atoms with Crippen molar-refractivity contribution in [1.29, 1.82) is 0 Å². The molecule has 1 aliphatic rings. The molecule has 1 saturated heterocycles. The lowest BCUT2D eigenvalue weighted by Gasteiger charge is -2.30. The first-order chi connectivity index (χ1) is 14.2. The Morgan fingerprint density at radius 3 is 2.53 bits per heavy atom. The molecule has 0 spiro atoms. The Labute approximate surface area is 206 Å². The third-order valence-electron chi connectivity index (χ3n) is 5.19. The third-order valence-corrected chi connectivity index (χ3v) is 7.05. The van der Waals surface area contributed by atoms with Gasteiger partial charge in [0.1, 0.15) is 0 Å². The highest BCUT2D eigenvalue weighted by atomic mass is 127. The molecule has 3 heterocycles. The fourth-order valence-corrected chi connectivity index (χ4v) is 4.92. The summed E-state index contributed by atoms with van der Waals surface area (Å²) in [6.45, 7) is 12.3. The summed E-state index contributed by atoms with van der Waals surface area (Å²) in [4.78, 5) is 16.6. The molecule has 2 aromatic rings. The summed E-state index contributed by atoms with van der Waals surface area (Å²) in [5.74, 6) is 1.60. The average Bonchev–Trinajstić information content (AvgIpc) is 3.36. The Balaban J connectivity index is 0.00000320. The summed E-state index contributed by atoms with van der Waals surface area (Å²) in [6.07, 6.45) is 4.40. The smallest absolute Gasteiger partial charge is 0.191 e. The Hall–Kier alpha value is -0.780. The van der Waals surface area contributed by atoms with Gasteiger partial charge in [0.05, 0.1) is 21.4 Å². The van der Waals surface area contributed by atoms with Crippen molar-refractivity contribution in [2.75, 3.05) is 32.7 Å². The second-order valence-corrected chi connectivity index (χ2v) is 9.56. The van der Waals surface area contributed by atoms with Crippen LogP contribution in [0, 0.1) is 12.8 Å². The molecule has 30 heavy (non-hydrogen) atoms. The number of thiazole rings is 2. The van der Waals surface area contributed by atoms with Crippen LogP contribution in [0.15, 0.2) is 15.8 Å². The van der Waals surface area contributed by atoms with Gasteiger partial charge < -0.3 is 10.6 Å². The molecular weight excluding hydrogens is 527 g/mol. The highest BCUT2D eigenvalue weighted by Crippen LogP contribution is 2.20. The fourth-order valence-electron chi connectivity index (χ4n) is 3.53. The quantitative estimate of drug-likeness (QED) is 0.274. The first kappa shape index (κ1) is 25.5. The van der Waals surface area contributed by atoms with Crippen molar-refractivity contribution in [1.82, 2.24) is 25.5 Å². The molecule has 0 radical (unpaired) electrons. The number of aliphatic imine (C=N–C) groups is 1. The van der Waals surface area contributed by atoms with E-state index in [1.807, 2.05) is 0 Å². The largest absolute Gasteiger partial charge is 0.357 e. The van der Waals surface area contributed by atoms with E-state index in [4.69, 9.17) is 9.98 Å². The zero-order valence-corrected chi connectivity index (χ0v) is 22.3. The number of piperidine rings is 1. The highest BCUT2D eigenvalue weighted by molar-refractivity contribution is 14.0. The van der Waals surface area contributed by atoms with Crippen LogP contribution in [0.5, 0.6) is 0 Å². The number of aromatic nitrogens is 2. The van der Waals surface area contributed by atoms with Crippen molar-refractivity contribution in [2.45, 2.75) is 53.0 Å². The van der Waals surface area contributed by atoms with E-state index in [0.29, 0.717) is 5.92 Å². The number of hydrogen-bond donors (Lipinski definition) is 2. The molecule has 0 aromatic carbocycles. The molecule has 0 aliphatic carbocycles. The van der Waals surface area contributed by atoms with Gasteiger partial charge in [-0.05, 0) is 52.1 Å². The molecule has 0 unspecified atom stereocenters. The number of rotatable bonds is 9. The molecule has 9 heteroatoms. The molecule has 2 N–H and O–H groups in total. The summed E-state index contributed by atoms with van der Waals surface area (Å²) in [5, 5.41) is 13.6. The van der Waals surface area contributed by atoms with Crippen LogP contribution < -0.4 is 10.6 Å². The van der Waals surface area contributed by atoms with Crippen molar-refractivity contribution in [3.8, 4) is 0 Å². The van der Waals surface area contributed by atoms with Crippen molar-refractivity contribution >= 4 is 52.6 Å². The van der Waals surface area contributed by atoms with E-state index in [0.717, 1.165) is 68.8 Å². The predicted octanol–water partition coefficient (Wildman–Crippen LogP) is 4.10. The van der Waals surface area contributed by atoms with Gasteiger partial charge in [0.2, 0.25) is 0 Å². The first-order valence-electron chi connectivity index (χ1n) is 10.7. The van der Waals surface area contributed by atoms with Gasteiger partial charge in [0.25, 0.3) is 0 Å².